The highest BCUT2D eigenvalue weighted by Gasteiger charge is 2.22. The molecule has 0 amide bonds. The number of benzene rings is 4. The zero-order valence-electron chi connectivity index (χ0n) is 15.8. The Kier molecular flexibility index (Phi) is 3.39. The third kappa shape index (κ3) is 2.32. The summed E-state index contributed by atoms with van der Waals surface area (Å²) in [5.41, 5.74) is 4.29. The molecule has 0 saturated heterocycles. The van der Waals surface area contributed by atoms with Crippen molar-refractivity contribution in [2.45, 2.75) is 9.79 Å². The molecule has 0 fully saturated rings. The van der Waals surface area contributed by atoms with Crippen LogP contribution in [0.4, 0.5) is 0 Å². The smallest absolute Gasteiger partial charge is 0.160 e. The minimum atomic E-state index is 0.786. The molecule has 0 atom stereocenters. The van der Waals surface area contributed by atoms with Gasteiger partial charge in [-0.1, -0.05) is 54.2 Å². The fraction of sp³-hybridized carbons (Fsp3) is 0. The molecule has 140 valence electrons. The van der Waals surface area contributed by atoms with Crippen molar-refractivity contribution in [2.75, 3.05) is 0 Å². The van der Waals surface area contributed by atoms with Crippen LogP contribution >= 0.6 is 23.1 Å². The summed E-state index contributed by atoms with van der Waals surface area (Å²) in [6, 6.07) is 30.1. The van der Waals surface area contributed by atoms with Crippen molar-refractivity contribution in [3.05, 3.63) is 84.9 Å². The topological polar surface area (TPSA) is 25.8 Å². The Morgan fingerprint density at radius 1 is 0.633 bits per heavy atom. The molecule has 0 aliphatic carbocycles. The van der Waals surface area contributed by atoms with E-state index in [1.807, 2.05) is 11.3 Å². The van der Waals surface area contributed by atoms with E-state index in [2.05, 4.69) is 84.9 Å². The summed E-state index contributed by atoms with van der Waals surface area (Å²) in [5.74, 6) is 0.786. The molecule has 1 aliphatic heterocycles. The van der Waals surface area contributed by atoms with Gasteiger partial charge in [-0.05, 0) is 42.5 Å². The number of aromatic nitrogens is 2. The molecule has 2 aromatic heterocycles. The van der Waals surface area contributed by atoms with Crippen LogP contribution in [0.1, 0.15) is 0 Å². The lowest BCUT2D eigenvalue weighted by atomic mass is 10.0. The van der Waals surface area contributed by atoms with Gasteiger partial charge in [-0.15, -0.1) is 11.3 Å². The van der Waals surface area contributed by atoms with E-state index >= 15 is 0 Å². The third-order valence-electron chi connectivity index (χ3n) is 5.68. The Morgan fingerprint density at radius 2 is 1.47 bits per heavy atom. The van der Waals surface area contributed by atoms with Gasteiger partial charge in [-0.25, -0.2) is 9.97 Å². The fourth-order valence-corrected chi connectivity index (χ4v) is 6.49. The molecular formula is C26H14N2S2. The molecule has 6 aromatic rings. The van der Waals surface area contributed by atoms with Crippen LogP contribution in [0.2, 0.25) is 0 Å². The molecule has 0 spiro atoms. The molecule has 4 aromatic carbocycles. The predicted octanol–water partition coefficient (Wildman–Crippen LogP) is 7.80. The molecule has 1 aliphatic rings. The summed E-state index contributed by atoms with van der Waals surface area (Å²) in [4.78, 5) is 12.5. The largest absolute Gasteiger partial charge is 0.228 e. The number of fused-ring (bicyclic) bond motifs is 5. The Hall–Kier alpha value is -3.21. The van der Waals surface area contributed by atoms with Crippen LogP contribution in [0.5, 0.6) is 0 Å². The quantitative estimate of drug-likeness (QED) is 0.272. The van der Waals surface area contributed by atoms with E-state index in [4.69, 9.17) is 9.97 Å². The first-order valence-corrected chi connectivity index (χ1v) is 11.5. The number of hydrogen-bond acceptors (Lipinski definition) is 4. The number of hydrogen-bond donors (Lipinski definition) is 0. The van der Waals surface area contributed by atoms with Crippen molar-refractivity contribution in [1.29, 1.82) is 0 Å². The average molecular weight is 419 g/mol. The lowest BCUT2D eigenvalue weighted by Crippen LogP contribution is -2.00. The van der Waals surface area contributed by atoms with Gasteiger partial charge in [-0.2, -0.15) is 0 Å². The standard InChI is InChI=1S/C26H14N2S2/c1-3-9-20-16(6-1)18-14-15(12-13-22(18)29-20)26-27-19-8-5-11-23-24(19)25(28-26)17-7-2-4-10-21(17)30-23/h1-14H. The van der Waals surface area contributed by atoms with Crippen LogP contribution in [0, 0.1) is 0 Å². The van der Waals surface area contributed by atoms with Gasteiger partial charge in [0.15, 0.2) is 5.82 Å². The molecule has 0 bridgehead atoms. The number of thiophene rings is 1. The summed E-state index contributed by atoms with van der Waals surface area (Å²) in [7, 11) is 0. The monoisotopic (exact) mass is 418 g/mol. The van der Waals surface area contributed by atoms with Crippen molar-refractivity contribution in [3.8, 4) is 22.6 Å². The van der Waals surface area contributed by atoms with Gasteiger partial charge >= 0.3 is 0 Å². The van der Waals surface area contributed by atoms with E-state index in [0.29, 0.717) is 0 Å². The van der Waals surface area contributed by atoms with E-state index in [0.717, 1.165) is 28.0 Å². The third-order valence-corrected chi connectivity index (χ3v) is 7.97. The molecule has 0 saturated carbocycles. The van der Waals surface area contributed by atoms with Crippen molar-refractivity contribution in [2.24, 2.45) is 0 Å². The molecule has 0 radical (unpaired) electrons. The van der Waals surface area contributed by atoms with Crippen molar-refractivity contribution >= 4 is 54.2 Å². The minimum Gasteiger partial charge on any atom is -0.228 e. The molecule has 30 heavy (non-hydrogen) atoms. The predicted molar refractivity (Wildman–Crippen MR) is 127 cm³/mol. The molecule has 4 heteroatoms. The average Bonchev–Trinajstić information content (AvgIpc) is 3.17. The summed E-state index contributed by atoms with van der Waals surface area (Å²) >= 11 is 3.64. The Morgan fingerprint density at radius 3 is 2.47 bits per heavy atom. The first-order chi connectivity index (χ1) is 14.8. The van der Waals surface area contributed by atoms with E-state index in [9.17, 15) is 0 Å². The van der Waals surface area contributed by atoms with Gasteiger partial charge < -0.3 is 0 Å². The van der Waals surface area contributed by atoms with E-state index < -0.39 is 0 Å². The Bertz CT molecular complexity index is 1630. The fourth-order valence-electron chi connectivity index (χ4n) is 4.30. The number of rotatable bonds is 1. The van der Waals surface area contributed by atoms with Crippen LogP contribution < -0.4 is 0 Å². The second-order valence-corrected chi connectivity index (χ2v) is 9.62. The summed E-state index contributed by atoms with van der Waals surface area (Å²) in [6.07, 6.45) is 0. The van der Waals surface area contributed by atoms with Gasteiger partial charge in [0, 0.05) is 46.5 Å². The summed E-state index contributed by atoms with van der Waals surface area (Å²) in [5, 5.41) is 3.73. The maximum absolute atomic E-state index is 5.09. The molecular weight excluding hydrogens is 404 g/mol. The van der Waals surface area contributed by atoms with Crippen LogP contribution in [0.3, 0.4) is 0 Å². The normalized spacial score (nSPS) is 12.5. The van der Waals surface area contributed by atoms with E-state index in [1.165, 1.54) is 35.5 Å². The lowest BCUT2D eigenvalue weighted by molar-refractivity contribution is 1.20. The zero-order valence-corrected chi connectivity index (χ0v) is 17.4. The van der Waals surface area contributed by atoms with Gasteiger partial charge in [0.2, 0.25) is 0 Å². The maximum atomic E-state index is 5.09. The first kappa shape index (κ1) is 16.6. The minimum absolute atomic E-state index is 0.786. The summed E-state index contributed by atoms with van der Waals surface area (Å²) < 4.78 is 2.61. The van der Waals surface area contributed by atoms with Gasteiger partial charge in [-0.3, -0.25) is 0 Å². The van der Waals surface area contributed by atoms with Crippen LogP contribution in [-0.4, -0.2) is 9.97 Å². The van der Waals surface area contributed by atoms with Crippen LogP contribution in [-0.2, 0) is 0 Å². The highest BCUT2D eigenvalue weighted by atomic mass is 32.2. The van der Waals surface area contributed by atoms with Crippen LogP contribution in [0.15, 0.2) is 94.7 Å². The Labute approximate surface area is 181 Å². The van der Waals surface area contributed by atoms with Gasteiger partial charge in [0.25, 0.3) is 0 Å². The summed E-state index contributed by atoms with van der Waals surface area (Å²) in [6.45, 7) is 0. The SMILES string of the molecule is c1ccc2c(c1)Sc1cccc3nc(-c4ccc5sc6ccccc6c5c4)nc-2c13. The highest BCUT2D eigenvalue weighted by molar-refractivity contribution is 7.99. The van der Waals surface area contributed by atoms with Gasteiger partial charge in [0.1, 0.15) is 0 Å². The second-order valence-electron chi connectivity index (χ2n) is 7.45. The molecule has 0 N–H and O–H groups in total. The first-order valence-electron chi connectivity index (χ1n) is 9.85. The maximum Gasteiger partial charge on any atom is 0.160 e. The van der Waals surface area contributed by atoms with Crippen molar-refractivity contribution in [1.82, 2.24) is 9.97 Å². The number of nitrogens with zero attached hydrogens (tertiary/aromatic N) is 2. The van der Waals surface area contributed by atoms with Crippen molar-refractivity contribution < 1.29 is 0 Å². The van der Waals surface area contributed by atoms with Gasteiger partial charge in [0.05, 0.1) is 11.2 Å². The van der Waals surface area contributed by atoms with E-state index in [1.54, 1.807) is 11.8 Å². The Balaban J connectivity index is 1.53. The second kappa shape index (κ2) is 6.14. The van der Waals surface area contributed by atoms with Crippen LogP contribution in [0.25, 0.3) is 53.7 Å². The van der Waals surface area contributed by atoms with Crippen molar-refractivity contribution in [3.63, 3.8) is 0 Å². The molecule has 3 heterocycles. The molecule has 7 rings (SSSR count). The zero-order chi connectivity index (χ0) is 19.7. The lowest BCUT2D eigenvalue weighted by Gasteiger charge is -2.19. The van der Waals surface area contributed by atoms with E-state index in [-0.39, 0.29) is 0 Å². The molecule has 2 nitrogen and oxygen atoms in total. The molecule has 0 unspecified atom stereocenters. The highest BCUT2D eigenvalue weighted by Crippen LogP contribution is 2.47.